The van der Waals surface area contributed by atoms with Crippen LogP contribution in [-0.4, -0.2) is 43.1 Å². The Bertz CT molecular complexity index is 2930. The SMILES string of the molecule is COC(=O)/C=C/c1ccc(N)cc1.COC(=O)/C=C/c1ccc(NCc2ccc(C)cc2)cc1.Cc1ccc(CNc2ccc(/C=C/C(=O)Nc3ccccc3N)cc2)cc1.Nc1ccc(/C=C/C(=O)O)cc1. The Morgan fingerprint density at radius 1 is 0.466 bits per heavy atom. The summed E-state index contributed by atoms with van der Waals surface area (Å²) in [6.07, 6.45) is 12.1. The van der Waals surface area contributed by atoms with Crippen LogP contribution in [-0.2, 0) is 41.7 Å². The van der Waals surface area contributed by atoms with Crippen molar-refractivity contribution in [1.82, 2.24) is 0 Å². The van der Waals surface area contributed by atoms with Gasteiger partial charge < -0.3 is 47.7 Å². The number of carbonyl (C=O) groups is 4. The zero-order chi connectivity index (χ0) is 52.8. The highest BCUT2D eigenvalue weighted by atomic mass is 16.5. The quantitative estimate of drug-likeness (QED) is 0.0290. The van der Waals surface area contributed by atoms with Crippen LogP contribution >= 0.6 is 0 Å². The van der Waals surface area contributed by atoms with Gasteiger partial charge in [0.1, 0.15) is 0 Å². The van der Waals surface area contributed by atoms with Crippen LogP contribution < -0.4 is 33.2 Å². The number of carbonyl (C=O) groups excluding carboxylic acids is 3. The molecule has 0 atom stereocenters. The second-order valence-electron chi connectivity index (χ2n) is 16.1. The Morgan fingerprint density at radius 3 is 1.19 bits per heavy atom. The van der Waals surface area contributed by atoms with Crippen molar-refractivity contribution in [1.29, 1.82) is 0 Å². The topological polar surface area (TPSA) is 221 Å². The first-order valence-electron chi connectivity index (χ1n) is 22.9. The number of aliphatic carboxylic acids is 1. The van der Waals surface area contributed by atoms with Crippen molar-refractivity contribution in [2.75, 3.05) is 47.4 Å². The molecule has 7 rings (SSSR count). The molecule has 13 heteroatoms. The van der Waals surface area contributed by atoms with Crippen LogP contribution in [0.5, 0.6) is 0 Å². The van der Waals surface area contributed by atoms with Gasteiger partial charge in [-0.1, -0.05) is 120 Å². The highest BCUT2D eigenvalue weighted by Crippen LogP contribution is 2.18. The Morgan fingerprint density at radius 2 is 0.822 bits per heavy atom. The number of methoxy groups -OCH3 is 2. The number of ether oxygens (including phenoxy) is 2. The molecular weight excluding hydrogens is 917 g/mol. The van der Waals surface area contributed by atoms with Crippen molar-refractivity contribution in [3.05, 3.63) is 239 Å². The lowest BCUT2D eigenvalue weighted by Crippen LogP contribution is -2.09. The smallest absolute Gasteiger partial charge is 0.330 e. The summed E-state index contributed by atoms with van der Waals surface area (Å²) in [5.41, 5.74) is 30.0. The number of nitrogen functional groups attached to an aromatic ring is 3. The molecule has 0 spiro atoms. The number of nitrogens with two attached hydrogens (primary N) is 3. The van der Waals surface area contributed by atoms with Crippen molar-refractivity contribution in [3.63, 3.8) is 0 Å². The number of hydrogen-bond acceptors (Lipinski definition) is 11. The normalized spacial score (nSPS) is 10.5. The summed E-state index contributed by atoms with van der Waals surface area (Å²) >= 11 is 0. The van der Waals surface area contributed by atoms with E-state index in [2.05, 4.69) is 87.8 Å². The number of benzene rings is 7. The van der Waals surface area contributed by atoms with E-state index in [-0.39, 0.29) is 17.8 Å². The van der Waals surface area contributed by atoms with E-state index in [4.69, 9.17) is 22.3 Å². The van der Waals surface area contributed by atoms with Gasteiger partial charge in [-0.15, -0.1) is 0 Å². The molecule has 0 heterocycles. The number of amides is 1. The summed E-state index contributed by atoms with van der Waals surface area (Å²) in [4.78, 5) is 43.9. The molecule has 10 N–H and O–H groups in total. The van der Waals surface area contributed by atoms with Gasteiger partial charge in [0.05, 0.1) is 25.6 Å². The van der Waals surface area contributed by atoms with Gasteiger partial charge in [0.25, 0.3) is 0 Å². The van der Waals surface area contributed by atoms with Crippen molar-refractivity contribution in [2.45, 2.75) is 26.9 Å². The number of para-hydroxylation sites is 2. The standard InChI is InChI=1S/C23H23N3O.C18H19NO2.C10H11NO2.C9H9NO2/c1-17-6-8-19(9-7-17)16-25-20-13-10-18(11-14-20)12-15-23(27)26-22-5-3-2-4-21(22)24;1-14-3-5-16(6-4-14)13-19-17-10-7-15(8-11-17)9-12-18(20)21-2;1-13-10(12)7-4-8-2-5-9(11)6-3-8;10-8-4-1-7(2-5-8)3-6-9(11)12/h2-15,25H,16,24H2,1H3,(H,26,27);3-12,19H,13H2,1-2H3;2-7H,11H2,1H3;1-6H,10H2,(H,11,12)/b15-12+;12-9+;7-4+;6-3+. The first-order chi connectivity index (χ1) is 35.2. The number of carboxylic acids is 1. The van der Waals surface area contributed by atoms with Gasteiger partial charge >= 0.3 is 17.9 Å². The van der Waals surface area contributed by atoms with Gasteiger partial charge in [0, 0.05) is 60.1 Å². The van der Waals surface area contributed by atoms with E-state index in [0.717, 1.165) is 52.8 Å². The summed E-state index contributed by atoms with van der Waals surface area (Å²) in [5, 5.41) is 17.9. The zero-order valence-corrected chi connectivity index (χ0v) is 41.3. The van der Waals surface area contributed by atoms with E-state index in [9.17, 15) is 19.2 Å². The molecule has 0 aromatic heterocycles. The largest absolute Gasteiger partial charge is 0.478 e. The van der Waals surface area contributed by atoms with E-state index < -0.39 is 5.97 Å². The third kappa shape index (κ3) is 23.0. The summed E-state index contributed by atoms with van der Waals surface area (Å²) in [6, 6.07) is 54.1. The molecule has 0 fully saturated rings. The maximum Gasteiger partial charge on any atom is 0.330 e. The van der Waals surface area contributed by atoms with Gasteiger partial charge in [-0.3, -0.25) is 4.79 Å². The minimum atomic E-state index is -0.952. The summed E-state index contributed by atoms with van der Waals surface area (Å²) < 4.78 is 9.00. The molecule has 7 aromatic carbocycles. The molecule has 0 saturated carbocycles. The number of anilines is 6. The van der Waals surface area contributed by atoms with Crippen molar-refractivity contribution in [2.24, 2.45) is 0 Å². The Labute approximate surface area is 427 Å². The first-order valence-corrected chi connectivity index (χ1v) is 22.9. The lowest BCUT2D eigenvalue weighted by Gasteiger charge is -2.07. The Kier molecular flexibility index (Phi) is 23.6. The van der Waals surface area contributed by atoms with E-state index >= 15 is 0 Å². The minimum absolute atomic E-state index is 0.213. The molecule has 0 radical (unpaired) electrons. The average Bonchev–Trinajstić information content (AvgIpc) is 3.40. The lowest BCUT2D eigenvalue weighted by atomic mass is 10.1. The molecule has 1 amide bonds. The predicted octanol–water partition coefficient (Wildman–Crippen LogP) is 11.5. The molecule has 0 bridgehead atoms. The van der Waals surface area contributed by atoms with Gasteiger partial charge in [-0.25, -0.2) is 14.4 Å². The fourth-order valence-corrected chi connectivity index (χ4v) is 6.05. The van der Waals surface area contributed by atoms with Gasteiger partial charge in [0.2, 0.25) is 5.91 Å². The predicted molar refractivity (Wildman–Crippen MR) is 299 cm³/mol. The van der Waals surface area contributed by atoms with Crippen molar-refractivity contribution < 1.29 is 33.8 Å². The van der Waals surface area contributed by atoms with Crippen molar-refractivity contribution >= 4 is 82.2 Å². The molecule has 7 aromatic rings. The van der Waals surface area contributed by atoms with E-state index in [1.807, 2.05) is 72.8 Å². The van der Waals surface area contributed by atoms with E-state index in [1.54, 1.807) is 66.8 Å². The maximum absolute atomic E-state index is 12.0. The lowest BCUT2D eigenvalue weighted by molar-refractivity contribution is -0.135. The molecule has 13 nitrogen and oxygen atoms in total. The summed E-state index contributed by atoms with van der Waals surface area (Å²) in [5.74, 6) is -1.88. The van der Waals surface area contributed by atoms with Gasteiger partial charge in [0.15, 0.2) is 0 Å². The fraction of sp³-hybridized carbons (Fsp3) is 0.100. The Hall–Kier alpha value is -9.62. The number of esters is 2. The van der Waals surface area contributed by atoms with Crippen LogP contribution in [0.15, 0.2) is 194 Å². The van der Waals surface area contributed by atoms with Crippen molar-refractivity contribution in [3.8, 4) is 0 Å². The van der Waals surface area contributed by atoms with Gasteiger partial charge in [-0.05, 0) is 132 Å². The Balaban J connectivity index is 0.000000223. The number of rotatable bonds is 15. The average molecular weight is 979 g/mol. The second-order valence-corrected chi connectivity index (χ2v) is 16.1. The molecule has 0 aliphatic rings. The molecular formula is C60H62N6O7. The number of aryl methyl sites for hydroxylation is 2. The highest BCUT2D eigenvalue weighted by Gasteiger charge is 2.02. The van der Waals surface area contributed by atoms with E-state index in [0.29, 0.717) is 22.7 Å². The summed E-state index contributed by atoms with van der Waals surface area (Å²) in [7, 11) is 2.71. The van der Waals surface area contributed by atoms with Crippen LogP contribution in [0.3, 0.4) is 0 Å². The van der Waals surface area contributed by atoms with E-state index in [1.165, 1.54) is 60.8 Å². The van der Waals surface area contributed by atoms with Crippen LogP contribution in [0.1, 0.15) is 44.5 Å². The first kappa shape index (κ1) is 56.0. The highest BCUT2D eigenvalue weighted by molar-refractivity contribution is 6.03. The number of carboxylic acid groups (broad SMARTS) is 1. The van der Waals surface area contributed by atoms with Gasteiger partial charge in [-0.2, -0.15) is 0 Å². The monoisotopic (exact) mass is 978 g/mol. The third-order valence-corrected chi connectivity index (χ3v) is 10.2. The molecule has 374 valence electrons. The van der Waals surface area contributed by atoms with Crippen LogP contribution in [0.2, 0.25) is 0 Å². The molecule has 0 aliphatic carbocycles. The number of hydrogen-bond donors (Lipinski definition) is 7. The third-order valence-electron chi connectivity index (χ3n) is 10.2. The maximum atomic E-state index is 12.0. The molecule has 73 heavy (non-hydrogen) atoms. The van der Waals surface area contributed by atoms with Crippen LogP contribution in [0, 0.1) is 13.8 Å². The fourth-order valence-electron chi connectivity index (χ4n) is 6.05. The molecule has 0 saturated heterocycles. The zero-order valence-electron chi connectivity index (χ0n) is 41.3. The summed E-state index contributed by atoms with van der Waals surface area (Å²) in [6.45, 7) is 5.73. The van der Waals surface area contributed by atoms with Crippen LogP contribution in [0.4, 0.5) is 34.1 Å². The molecule has 0 unspecified atom stereocenters. The molecule has 0 aliphatic heterocycles. The minimum Gasteiger partial charge on any atom is -0.478 e. The number of nitrogens with one attached hydrogen (secondary N) is 3. The second kappa shape index (κ2) is 30.8. The van der Waals surface area contributed by atoms with Crippen LogP contribution in [0.25, 0.3) is 24.3 Å².